The predicted octanol–water partition coefficient (Wildman–Crippen LogP) is 3.14. The second-order valence-corrected chi connectivity index (χ2v) is 6.68. The summed E-state index contributed by atoms with van der Waals surface area (Å²) in [6, 6.07) is 10.5. The highest BCUT2D eigenvalue weighted by Crippen LogP contribution is 2.38. The highest BCUT2D eigenvalue weighted by Gasteiger charge is 2.23. The quantitative estimate of drug-likeness (QED) is 0.659. The first-order valence-electron chi connectivity index (χ1n) is 8.64. The summed E-state index contributed by atoms with van der Waals surface area (Å²) in [4.78, 5) is 12.3. The van der Waals surface area contributed by atoms with Crippen molar-refractivity contribution in [3.05, 3.63) is 53.3 Å². The third kappa shape index (κ3) is 3.36. The molecule has 2 aromatic carbocycles. The van der Waals surface area contributed by atoms with Crippen LogP contribution in [0.4, 0.5) is 0 Å². The Kier molecular flexibility index (Phi) is 4.85. The highest BCUT2D eigenvalue weighted by atomic mass is 16.3. The molecule has 0 radical (unpaired) electrons. The molecule has 0 saturated heterocycles. The molecule has 1 heterocycles. The minimum Gasteiger partial charge on any atom is -0.508 e. The second kappa shape index (κ2) is 7.11. The fraction of sp³-hybridized carbons (Fsp3) is 0.250. The number of nitrogens with one attached hydrogen (secondary N) is 1. The number of carbonyl (C=O) groups is 1. The number of hydrogen-bond acceptors (Lipinski definition) is 5. The van der Waals surface area contributed by atoms with Gasteiger partial charge in [0.05, 0.1) is 5.56 Å². The van der Waals surface area contributed by atoms with Crippen LogP contribution in [0.1, 0.15) is 41.5 Å². The van der Waals surface area contributed by atoms with Crippen molar-refractivity contribution in [1.82, 2.24) is 20.1 Å². The number of benzene rings is 2. The number of rotatable bonds is 4. The Morgan fingerprint density at radius 1 is 1.07 bits per heavy atom. The Morgan fingerprint density at radius 3 is 2.33 bits per heavy atom. The maximum atomic E-state index is 12.3. The summed E-state index contributed by atoms with van der Waals surface area (Å²) in [5.74, 6) is -0.0535. The third-order valence-electron chi connectivity index (χ3n) is 4.39. The van der Waals surface area contributed by atoms with Gasteiger partial charge in [-0.3, -0.25) is 9.36 Å². The minimum absolute atomic E-state index is 0.0131. The molecule has 0 spiro atoms. The molecule has 27 heavy (non-hydrogen) atoms. The highest BCUT2D eigenvalue weighted by molar-refractivity contribution is 5.92. The van der Waals surface area contributed by atoms with Crippen molar-refractivity contribution < 1.29 is 15.0 Å². The van der Waals surface area contributed by atoms with Gasteiger partial charge in [0.1, 0.15) is 11.5 Å². The summed E-state index contributed by atoms with van der Waals surface area (Å²) in [6.45, 7) is 5.85. The first-order valence-corrected chi connectivity index (χ1v) is 8.64. The number of nitrogens with zero attached hydrogens (tertiary/aromatic N) is 3. The van der Waals surface area contributed by atoms with Crippen molar-refractivity contribution in [2.24, 2.45) is 0 Å². The van der Waals surface area contributed by atoms with Gasteiger partial charge in [-0.2, -0.15) is 0 Å². The van der Waals surface area contributed by atoms with Crippen molar-refractivity contribution in [3.8, 4) is 28.6 Å². The zero-order valence-corrected chi connectivity index (χ0v) is 15.7. The van der Waals surface area contributed by atoms with E-state index in [0.717, 1.165) is 5.56 Å². The summed E-state index contributed by atoms with van der Waals surface area (Å²) < 4.78 is 1.59. The summed E-state index contributed by atoms with van der Waals surface area (Å²) in [7, 11) is 1.52. The first-order chi connectivity index (χ1) is 12.8. The van der Waals surface area contributed by atoms with Crippen molar-refractivity contribution in [2.45, 2.75) is 26.7 Å². The van der Waals surface area contributed by atoms with E-state index in [1.807, 2.05) is 45.0 Å². The minimum atomic E-state index is -0.392. The summed E-state index contributed by atoms with van der Waals surface area (Å²) in [5.41, 5.74) is 2.82. The number of phenolic OH excluding ortho intramolecular Hbond substituents is 2. The van der Waals surface area contributed by atoms with Gasteiger partial charge >= 0.3 is 0 Å². The van der Waals surface area contributed by atoms with Crippen LogP contribution in [0.15, 0.2) is 36.4 Å². The van der Waals surface area contributed by atoms with Crippen LogP contribution < -0.4 is 5.32 Å². The Labute approximate surface area is 157 Å². The molecule has 0 fully saturated rings. The van der Waals surface area contributed by atoms with E-state index >= 15 is 0 Å². The number of carbonyl (C=O) groups excluding carboxylic acids is 1. The van der Waals surface area contributed by atoms with Gasteiger partial charge in [0.15, 0.2) is 5.82 Å². The predicted molar refractivity (Wildman–Crippen MR) is 102 cm³/mol. The van der Waals surface area contributed by atoms with Crippen molar-refractivity contribution in [3.63, 3.8) is 0 Å². The second-order valence-electron chi connectivity index (χ2n) is 6.68. The lowest BCUT2D eigenvalue weighted by atomic mass is 9.98. The third-order valence-corrected chi connectivity index (χ3v) is 4.39. The van der Waals surface area contributed by atoms with Gasteiger partial charge < -0.3 is 15.5 Å². The van der Waals surface area contributed by atoms with Crippen LogP contribution in [0.3, 0.4) is 0 Å². The molecular formula is C20H22N4O3. The molecule has 7 nitrogen and oxygen atoms in total. The maximum Gasteiger partial charge on any atom is 0.289 e. The Hall–Kier alpha value is -3.35. The Morgan fingerprint density at radius 2 is 1.74 bits per heavy atom. The number of phenols is 2. The van der Waals surface area contributed by atoms with Gasteiger partial charge in [-0.1, -0.05) is 31.5 Å². The monoisotopic (exact) mass is 366 g/mol. The molecule has 0 aliphatic carbocycles. The molecule has 0 atom stereocenters. The lowest BCUT2D eigenvalue weighted by Crippen LogP contribution is -2.22. The van der Waals surface area contributed by atoms with Gasteiger partial charge in [-0.25, -0.2) is 0 Å². The molecule has 0 unspecified atom stereocenters. The Balaban J connectivity index is 2.28. The normalized spacial score (nSPS) is 11.0. The largest absolute Gasteiger partial charge is 0.508 e. The smallest absolute Gasteiger partial charge is 0.289 e. The molecule has 140 valence electrons. The van der Waals surface area contributed by atoms with E-state index < -0.39 is 5.91 Å². The fourth-order valence-corrected chi connectivity index (χ4v) is 2.89. The van der Waals surface area contributed by atoms with Gasteiger partial charge in [-0.05, 0) is 36.6 Å². The molecule has 0 bridgehead atoms. The van der Waals surface area contributed by atoms with E-state index in [-0.39, 0.29) is 23.2 Å². The van der Waals surface area contributed by atoms with Gasteiger partial charge in [0, 0.05) is 18.8 Å². The van der Waals surface area contributed by atoms with E-state index in [1.54, 1.807) is 10.6 Å². The molecule has 0 saturated carbocycles. The zero-order chi connectivity index (χ0) is 19.7. The van der Waals surface area contributed by atoms with Gasteiger partial charge in [0.2, 0.25) is 5.82 Å². The molecule has 1 amide bonds. The average Bonchev–Trinajstić information content (AvgIpc) is 3.06. The topological polar surface area (TPSA) is 100 Å². The van der Waals surface area contributed by atoms with Gasteiger partial charge in [-0.15, -0.1) is 10.2 Å². The van der Waals surface area contributed by atoms with Crippen LogP contribution in [0.5, 0.6) is 11.5 Å². The molecule has 1 aromatic heterocycles. The fourth-order valence-electron chi connectivity index (χ4n) is 2.89. The lowest BCUT2D eigenvalue weighted by molar-refractivity contribution is 0.0951. The van der Waals surface area contributed by atoms with Crippen LogP contribution >= 0.6 is 0 Å². The van der Waals surface area contributed by atoms with Crippen LogP contribution in [-0.2, 0) is 0 Å². The number of hydrogen-bond donors (Lipinski definition) is 3. The first kappa shape index (κ1) is 18.4. The number of aromatic nitrogens is 3. The molecule has 7 heteroatoms. The SMILES string of the molecule is CNC(=O)c1nnc(-c2cc(C(C)C)c(O)cc2O)n1-c1ccc(C)cc1. The summed E-state index contributed by atoms with van der Waals surface area (Å²) >= 11 is 0. The van der Waals surface area contributed by atoms with E-state index in [2.05, 4.69) is 15.5 Å². The molecule has 0 aliphatic rings. The molecule has 3 N–H and O–H groups in total. The standard InChI is InChI=1S/C20H22N4O3/c1-11(2)14-9-15(17(26)10-16(14)25)18-22-23-19(20(27)21-4)24(18)13-7-5-12(3)6-8-13/h5-11,25-26H,1-4H3,(H,21,27). The lowest BCUT2D eigenvalue weighted by Gasteiger charge is -2.14. The van der Waals surface area contributed by atoms with Gasteiger partial charge in [0.25, 0.3) is 5.91 Å². The van der Waals surface area contributed by atoms with Crippen molar-refractivity contribution in [2.75, 3.05) is 7.05 Å². The summed E-state index contributed by atoms with van der Waals surface area (Å²) in [5, 5.41) is 31.3. The van der Waals surface area contributed by atoms with E-state index in [1.165, 1.54) is 13.1 Å². The van der Waals surface area contributed by atoms with E-state index in [0.29, 0.717) is 22.6 Å². The average molecular weight is 366 g/mol. The van der Waals surface area contributed by atoms with Crippen LogP contribution in [0, 0.1) is 6.92 Å². The summed E-state index contributed by atoms with van der Waals surface area (Å²) in [6.07, 6.45) is 0. The Bertz CT molecular complexity index is 991. The molecule has 3 rings (SSSR count). The molecule has 0 aliphatic heterocycles. The number of aryl methyl sites for hydroxylation is 1. The molecule has 3 aromatic rings. The van der Waals surface area contributed by atoms with E-state index in [4.69, 9.17) is 0 Å². The zero-order valence-electron chi connectivity index (χ0n) is 15.7. The number of aromatic hydroxyl groups is 2. The van der Waals surface area contributed by atoms with Crippen molar-refractivity contribution >= 4 is 5.91 Å². The van der Waals surface area contributed by atoms with Crippen LogP contribution in [0.25, 0.3) is 17.1 Å². The van der Waals surface area contributed by atoms with E-state index in [9.17, 15) is 15.0 Å². The maximum absolute atomic E-state index is 12.3. The van der Waals surface area contributed by atoms with Crippen LogP contribution in [-0.4, -0.2) is 37.9 Å². The van der Waals surface area contributed by atoms with Crippen molar-refractivity contribution in [1.29, 1.82) is 0 Å². The molecular weight excluding hydrogens is 344 g/mol. The number of amides is 1. The van der Waals surface area contributed by atoms with Crippen LogP contribution in [0.2, 0.25) is 0 Å².